The van der Waals surface area contributed by atoms with Gasteiger partial charge in [0.2, 0.25) is 0 Å². The largest absolute Gasteiger partial charge is 0.482 e. The number of esters is 1. The number of hydrogen-bond acceptors (Lipinski definition) is 4. The van der Waals surface area contributed by atoms with Gasteiger partial charge in [-0.1, -0.05) is 11.6 Å². The molecule has 0 unspecified atom stereocenters. The number of carbonyl (C=O) groups excluding carboxylic acids is 2. The molecule has 0 bridgehead atoms. The van der Waals surface area contributed by atoms with Gasteiger partial charge in [0.1, 0.15) is 28.6 Å². The molecule has 0 saturated heterocycles. The van der Waals surface area contributed by atoms with Crippen LogP contribution in [0.3, 0.4) is 0 Å². The highest BCUT2D eigenvalue weighted by Gasteiger charge is 2.34. The molecule has 1 amide bonds. The molecule has 0 aliphatic heterocycles. The Morgan fingerprint density at radius 1 is 1.19 bits per heavy atom. The average Bonchev–Trinajstić information content (AvgIpc) is 3.09. The minimum atomic E-state index is -4.72. The minimum Gasteiger partial charge on any atom is -0.482 e. The SMILES string of the molecule is CCOC(=O)CNC(=O)COc1cc(-c2cc(C(F)(F)F)[nH]c2CC(Cl)Cl)c(F)cc1Cl. The zero-order valence-electron chi connectivity index (χ0n) is 16.4. The van der Waals surface area contributed by atoms with Crippen LogP contribution in [-0.2, 0) is 26.9 Å². The van der Waals surface area contributed by atoms with Gasteiger partial charge in [-0.2, -0.15) is 13.2 Å². The van der Waals surface area contributed by atoms with E-state index >= 15 is 0 Å². The molecule has 0 radical (unpaired) electrons. The predicted molar refractivity (Wildman–Crippen MR) is 111 cm³/mol. The van der Waals surface area contributed by atoms with Crippen molar-refractivity contribution in [2.45, 2.75) is 24.4 Å². The molecule has 13 heteroatoms. The summed E-state index contributed by atoms with van der Waals surface area (Å²) < 4.78 is 64.0. The molecule has 0 aliphatic rings. The first-order valence-electron chi connectivity index (χ1n) is 9.04. The summed E-state index contributed by atoms with van der Waals surface area (Å²) in [5, 5.41) is 2.03. The summed E-state index contributed by atoms with van der Waals surface area (Å²) in [5.74, 6) is -2.44. The lowest BCUT2D eigenvalue weighted by atomic mass is 10.0. The number of aromatic amines is 1. The molecular formula is C19H17Cl3F4N2O4. The number of rotatable bonds is 9. The van der Waals surface area contributed by atoms with E-state index < -0.39 is 41.0 Å². The number of amides is 1. The number of hydrogen-bond donors (Lipinski definition) is 2. The monoisotopic (exact) mass is 518 g/mol. The summed E-state index contributed by atoms with van der Waals surface area (Å²) in [7, 11) is 0. The number of carbonyl (C=O) groups is 2. The van der Waals surface area contributed by atoms with Crippen molar-refractivity contribution in [3.8, 4) is 16.9 Å². The third-order valence-electron chi connectivity index (χ3n) is 3.97. The van der Waals surface area contributed by atoms with Crippen LogP contribution in [0.2, 0.25) is 5.02 Å². The molecule has 0 fully saturated rings. The Morgan fingerprint density at radius 3 is 2.47 bits per heavy atom. The molecular weight excluding hydrogens is 503 g/mol. The smallest absolute Gasteiger partial charge is 0.431 e. The standard InChI is InChI=1S/C19H17Cl3F4N2O4/c1-2-31-18(30)7-27-17(29)8-32-14-3-9(12(23)5-11(14)20)10-4-15(19(24,25)26)28-13(10)6-16(21)22/h3-5,16,28H,2,6-8H2,1H3,(H,27,29). The maximum Gasteiger partial charge on any atom is 0.431 e. The van der Waals surface area contributed by atoms with Crippen molar-refractivity contribution in [3.63, 3.8) is 0 Å². The zero-order valence-corrected chi connectivity index (χ0v) is 18.7. The quantitative estimate of drug-likeness (QED) is 0.281. The van der Waals surface area contributed by atoms with Crippen molar-refractivity contribution < 1.29 is 36.6 Å². The predicted octanol–water partition coefficient (Wildman–Crippen LogP) is 4.90. The van der Waals surface area contributed by atoms with Gasteiger partial charge in [-0.25, -0.2) is 4.39 Å². The number of alkyl halides is 5. The first-order valence-corrected chi connectivity index (χ1v) is 10.3. The number of H-pyrrole nitrogens is 1. The van der Waals surface area contributed by atoms with Gasteiger partial charge in [0.15, 0.2) is 6.61 Å². The van der Waals surface area contributed by atoms with Crippen LogP contribution in [0.15, 0.2) is 18.2 Å². The van der Waals surface area contributed by atoms with Gasteiger partial charge >= 0.3 is 12.1 Å². The van der Waals surface area contributed by atoms with Crippen LogP contribution in [0.25, 0.3) is 11.1 Å². The topological polar surface area (TPSA) is 80.4 Å². The normalized spacial score (nSPS) is 11.5. The Labute approximate surface area is 195 Å². The van der Waals surface area contributed by atoms with Gasteiger partial charge in [0.25, 0.3) is 5.91 Å². The lowest BCUT2D eigenvalue weighted by molar-refractivity contribution is -0.143. The average molecular weight is 520 g/mol. The Balaban J connectivity index is 2.28. The summed E-state index contributed by atoms with van der Waals surface area (Å²) in [4.78, 5) is 24.2. The highest BCUT2D eigenvalue weighted by Crippen LogP contribution is 2.39. The van der Waals surface area contributed by atoms with E-state index in [0.717, 1.165) is 12.1 Å². The summed E-state index contributed by atoms with van der Waals surface area (Å²) >= 11 is 17.3. The summed E-state index contributed by atoms with van der Waals surface area (Å²) in [6, 6.07) is 2.61. The molecule has 32 heavy (non-hydrogen) atoms. The lowest BCUT2D eigenvalue weighted by Crippen LogP contribution is -2.34. The molecule has 6 nitrogen and oxygen atoms in total. The number of aromatic nitrogens is 1. The van der Waals surface area contributed by atoms with E-state index in [2.05, 4.69) is 15.0 Å². The fourth-order valence-corrected chi connectivity index (χ4v) is 3.14. The maximum atomic E-state index is 14.6. The van der Waals surface area contributed by atoms with Crippen molar-refractivity contribution in [1.29, 1.82) is 0 Å². The van der Waals surface area contributed by atoms with E-state index in [1.54, 1.807) is 6.92 Å². The molecule has 2 aromatic rings. The molecule has 0 atom stereocenters. The first-order chi connectivity index (χ1) is 14.9. The van der Waals surface area contributed by atoms with Crippen LogP contribution in [-0.4, -0.2) is 41.5 Å². The molecule has 1 aromatic heterocycles. The van der Waals surface area contributed by atoms with E-state index in [0.29, 0.717) is 6.07 Å². The fraction of sp³-hybridized carbons (Fsp3) is 0.368. The Bertz CT molecular complexity index is 980. The van der Waals surface area contributed by atoms with Gasteiger partial charge in [-0.15, -0.1) is 23.2 Å². The van der Waals surface area contributed by atoms with Crippen LogP contribution in [0.5, 0.6) is 5.75 Å². The maximum absolute atomic E-state index is 14.6. The summed E-state index contributed by atoms with van der Waals surface area (Å²) in [6.45, 7) is 0.766. The zero-order chi connectivity index (χ0) is 24.1. The number of nitrogens with one attached hydrogen (secondary N) is 2. The van der Waals surface area contributed by atoms with Crippen molar-refractivity contribution in [2.24, 2.45) is 0 Å². The van der Waals surface area contributed by atoms with Gasteiger partial charge in [-0.05, 0) is 25.1 Å². The Kier molecular flexibility index (Phi) is 9.06. The number of benzene rings is 1. The van der Waals surface area contributed by atoms with Crippen LogP contribution in [0.1, 0.15) is 18.3 Å². The number of ether oxygens (including phenoxy) is 2. The van der Waals surface area contributed by atoms with Crippen LogP contribution >= 0.6 is 34.8 Å². The van der Waals surface area contributed by atoms with Crippen LogP contribution in [0.4, 0.5) is 17.6 Å². The van der Waals surface area contributed by atoms with E-state index in [9.17, 15) is 27.2 Å². The second-order valence-corrected chi connectivity index (χ2v) is 7.99. The second kappa shape index (κ2) is 11.1. The van der Waals surface area contributed by atoms with Crippen molar-refractivity contribution in [3.05, 3.63) is 40.4 Å². The van der Waals surface area contributed by atoms with Crippen molar-refractivity contribution in [2.75, 3.05) is 19.8 Å². The molecule has 0 spiro atoms. The minimum absolute atomic E-state index is 0.0494. The molecule has 2 rings (SSSR count). The van der Waals surface area contributed by atoms with E-state index in [-0.39, 0.29) is 47.2 Å². The first kappa shape index (κ1) is 26.1. The molecule has 176 valence electrons. The summed E-state index contributed by atoms with van der Waals surface area (Å²) in [6.07, 6.45) is -4.94. The molecule has 0 saturated carbocycles. The third kappa shape index (κ3) is 7.18. The lowest BCUT2D eigenvalue weighted by Gasteiger charge is -2.12. The van der Waals surface area contributed by atoms with Crippen molar-refractivity contribution in [1.82, 2.24) is 10.3 Å². The fourth-order valence-electron chi connectivity index (χ4n) is 2.63. The molecule has 0 aliphatic carbocycles. The molecule has 2 N–H and O–H groups in total. The highest BCUT2D eigenvalue weighted by molar-refractivity contribution is 6.44. The third-order valence-corrected chi connectivity index (χ3v) is 4.57. The Hall–Kier alpha value is -2.17. The van der Waals surface area contributed by atoms with Gasteiger partial charge in [0.05, 0.1) is 11.6 Å². The number of halogens is 7. The Morgan fingerprint density at radius 2 is 1.88 bits per heavy atom. The molecule has 1 aromatic carbocycles. The summed E-state index contributed by atoms with van der Waals surface area (Å²) in [5.41, 5.74) is -1.58. The highest BCUT2D eigenvalue weighted by atomic mass is 35.5. The second-order valence-electron chi connectivity index (χ2n) is 6.30. The van der Waals surface area contributed by atoms with Crippen molar-refractivity contribution >= 4 is 46.7 Å². The van der Waals surface area contributed by atoms with Gasteiger partial charge in [0, 0.05) is 23.2 Å². The van der Waals surface area contributed by atoms with Gasteiger partial charge in [-0.3, -0.25) is 9.59 Å². The van der Waals surface area contributed by atoms with E-state index in [4.69, 9.17) is 39.5 Å². The van der Waals surface area contributed by atoms with Crippen LogP contribution < -0.4 is 10.1 Å². The van der Waals surface area contributed by atoms with E-state index in [1.165, 1.54) is 0 Å². The van der Waals surface area contributed by atoms with Gasteiger partial charge < -0.3 is 19.8 Å². The van der Waals surface area contributed by atoms with Crippen LogP contribution in [0, 0.1) is 5.82 Å². The molecule has 1 heterocycles. The van der Waals surface area contributed by atoms with E-state index in [1.807, 2.05) is 0 Å².